The Morgan fingerprint density at radius 3 is 2.89 bits per heavy atom. The first-order valence-electron chi connectivity index (χ1n) is 6.05. The second-order valence-corrected chi connectivity index (χ2v) is 8.65. The third-order valence-corrected chi connectivity index (χ3v) is 7.11. The zero-order chi connectivity index (χ0) is 13.5. The molecular formula is C12H14N2O2S3. The van der Waals surface area contributed by atoms with E-state index in [1.807, 2.05) is 24.4 Å². The highest BCUT2D eigenvalue weighted by Gasteiger charge is 2.35. The molecule has 4 nitrogen and oxygen atoms in total. The molecule has 3 rings (SSSR count). The number of aryl methyl sites for hydroxylation is 1. The Labute approximate surface area is 120 Å². The molecule has 7 heteroatoms. The van der Waals surface area contributed by atoms with Gasteiger partial charge in [-0.3, -0.25) is 0 Å². The van der Waals surface area contributed by atoms with Crippen molar-refractivity contribution in [3.8, 4) is 9.88 Å². The van der Waals surface area contributed by atoms with Gasteiger partial charge < -0.3 is 0 Å². The van der Waals surface area contributed by atoms with Crippen LogP contribution < -0.4 is 4.72 Å². The first-order valence-corrected chi connectivity index (χ1v) is 9.29. The van der Waals surface area contributed by atoms with Crippen LogP contribution in [0, 0.1) is 6.92 Å². The third-order valence-electron chi connectivity index (χ3n) is 3.02. The molecule has 0 aromatic carbocycles. The van der Waals surface area contributed by atoms with Crippen LogP contribution in [-0.2, 0) is 16.6 Å². The van der Waals surface area contributed by atoms with E-state index < -0.39 is 10.0 Å². The van der Waals surface area contributed by atoms with Gasteiger partial charge in [-0.2, -0.15) is 0 Å². The number of thiazole rings is 1. The predicted octanol–water partition coefficient (Wildman–Crippen LogP) is 2.76. The van der Waals surface area contributed by atoms with Gasteiger partial charge in [0, 0.05) is 11.4 Å². The lowest BCUT2D eigenvalue weighted by molar-refractivity contribution is 0.580. The van der Waals surface area contributed by atoms with Crippen LogP contribution in [0.15, 0.2) is 17.5 Å². The lowest BCUT2D eigenvalue weighted by Crippen LogP contribution is -2.26. The lowest BCUT2D eigenvalue weighted by Gasteiger charge is -2.03. The van der Waals surface area contributed by atoms with Gasteiger partial charge in [0.2, 0.25) is 10.0 Å². The first kappa shape index (κ1) is 13.2. The molecule has 1 aliphatic carbocycles. The van der Waals surface area contributed by atoms with Crippen molar-refractivity contribution in [2.24, 2.45) is 0 Å². The summed E-state index contributed by atoms with van der Waals surface area (Å²) in [5, 5.41) is 2.81. The Morgan fingerprint density at radius 2 is 2.26 bits per heavy atom. The van der Waals surface area contributed by atoms with Crippen LogP contribution in [0.5, 0.6) is 0 Å². The molecule has 0 spiro atoms. The highest BCUT2D eigenvalue weighted by Crippen LogP contribution is 2.32. The first-order chi connectivity index (χ1) is 9.06. The Morgan fingerprint density at radius 1 is 1.47 bits per heavy atom. The zero-order valence-corrected chi connectivity index (χ0v) is 12.9. The Balaban J connectivity index is 1.75. The van der Waals surface area contributed by atoms with Crippen molar-refractivity contribution in [2.45, 2.75) is 31.6 Å². The van der Waals surface area contributed by atoms with E-state index in [9.17, 15) is 8.42 Å². The predicted molar refractivity (Wildman–Crippen MR) is 78.9 cm³/mol. The molecule has 0 amide bonds. The molecular weight excluding hydrogens is 300 g/mol. The molecule has 0 aliphatic heterocycles. The van der Waals surface area contributed by atoms with Crippen LogP contribution in [0.4, 0.5) is 0 Å². The maximum atomic E-state index is 11.8. The van der Waals surface area contributed by atoms with Crippen LogP contribution in [0.25, 0.3) is 9.88 Å². The van der Waals surface area contributed by atoms with Gasteiger partial charge in [0.05, 0.1) is 15.8 Å². The van der Waals surface area contributed by atoms with Gasteiger partial charge in [-0.1, -0.05) is 6.07 Å². The normalized spacial score (nSPS) is 15.8. The van der Waals surface area contributed by atoms with Crippen molar-refractivity contribution in [3.63, 3.8) is 0 Å². The minimum atomic E-state index is -3.12. The number of aromatic nitrogens is 1. The SMILES string of the molecule is Cc1nc(-c2cccs2)sc1CNS(=O)(=O)C1CC1. The second-order valence-electron chi connectivity index (χ2n) is 4.57. The summed E-state index contributed by atoms with van der Waals surface area (Å²) in [6.07, 6.45) is 1.58. The van der Waals surface area contributed by atoms with E-state index in [1.165, 1.54) is 0 Å². The number of thiophene rings is 1. The zero-order valence-electron chi connectivity index (χ0n) is 10.4. The van der Waals surface area contributed by atoms with Crippen LogP contribution in [0.3, 0.4) is 0 Å². The highest BCUT2D eigenvalue weighted by molar-refractivity contribution is 7.90. The fourth-order valence-corrected chi connectivity index (χ4v) is 4.99. The Bertz CT molecular complexity index is 670. The standard InChI is InChI=1S/C12H14N2O2S3/c1-8-11(7-13-19(15,16)9-4-5-9)18-12(14-8)10-3-2-6-17-10/h2-3,6,9,13H,4-5,7H2,1H3. The van der Waals surface area contributed by atoms with E-state index in [0.717, 1.165) is 33.3 Å². The van der Waals surface area contributed by atoms with Crippen molar-refractivity contribution < 1.29 is 8.42 Å². The summed E-state index contributed by atoms with van der Waals surface area (Å²) in [7, 11) is -3.12. The lowest BCUT2D eigenvalue weighted by atomic mass is 10.4. The van der Waals surface area contributed by atoms with Crippen LogP contribution in [-0.4, -0.2) is 18.7 Å². The van der Waals surface area contributed by atoms with E-state index in [4.69, 9.17) is 0 Å². The van der Waals surface area contributed by atoms with Crippen molar-refractivity contribution in [1.82, 2.24) is 9.71 Å². The van der Waals surface area contributed by atoms with E-state index >= 15 is 0 Å². The smallest absolute Gasteiger partial charge is 0.214 e. The van der Waals surface area contributed by atoms with Crippen LogP contribution in [0.1, 0.15) is 23.4 Å². The minimum Gasteiger partial charge on any atom is -0.240 e. The molecule has 2 heterocycles. The third kappa shape index (κ3) is 2.89. The summed E-state index contributed by atoms with van der Waals surface area (Å²) in [6.45, 7) is 2.28. The van der Waals surface area contributed by atoms with Gasteiger partial charge in [-0.15, -0.1) is 22.7 Å². The summed E-state index contributed by atoms with van der Waals surface area (Å²) >= 11 is 3.21. The number of hydrogen-bond acceptors (Lipinski definition) is 5. The molecule has 19 heavy (non-hydrogen) atoms. The number of nitrogens with one attached hydrogen (secondary N) is 1. The van der Waals surface area contributed by atoms with Gasteiger partial charge in [-0.25, -0.2) is 18.1 Å². The second kappa shape index (κ2) is 4.97. The highest BCUT2D eigenvalue weighted by atomic mass is 32.2. The van der Waals surface area contributed by atoms with Crippen molar-refractivity contribution in [1.29, 1.82) is 0 Å². The van der Waals surface area contributed by atoms with Crippen molar-refractivity contribution >= 4 is 32.7 Å². The summed E-state index contributed by atoms with van der Waals surface area (Å²) in [4.78, 5) is 6.63. The molecule has 0 saturated heterocycles. The molecule has 0 radical (unpaired) electrons. The fraction of sp³-hybridized carbons (Fsp3) is 0.417. The Kier molecular flexibility index (Phi) is 3.46. The monoisotopic (exact) mass is 314 g/mol. The van der Waals surface area contributed by atoms with Crippen molar-refractivity contribution in [3.05, 3.63) is 28.1 Å². The molecule has 2 aromatic rings. The summed E-state index contributed by atoms with van der Waals surface area (Å²) in [5.74, 6) is 0. The average Bonchev–Trinajstić information content (AvgIpc) is 2.97. The molecule has 1 fully saturated rings. The summed E-state index contributed by atoms with van der Waals surface area (Å²) in [5.41, 5.74) is 0.909. The summed E-state index contributed by atoms with van der Waals surface area (Å²) < 4.78 is 26.3. The quantitative estimate of drug-likeness (QED) is 0.923. The van der Waals surface area contributed by atoms with Gasteiger partial charge in [0.15, 0.2) is 0 Å². The molecule has 102 valence electrons. The molecule has 1 N–H and O–H groups in total. The van der Waals surface area contributed by atoms with Crippen LogP contribution in [0.2, 0.25) is 0 Å². The molecule has 1 saturated carbocycles. The van der Waals surface area contributed by atoms with Gasteiger partial charge in [0.25, 0.3) is 0 Å². The molecule has 0 atom stereocenters. The van der Waals surface area contributed by atoms with Crippen molar-refractivity contribution in [2.75, 3.05) is 0 Å². The van der Waals surface area contributed by atoms with E-state index in [1.54, 1.807) is 22.7 Å². The van der Waals surface area contributed by atoms with Gasteiger partial charge >= 0.3 is 0 Å². The minimum absolute atomic E-state index is 0.169. The van der Waals surface area contributed by atoms with E-state index in [2.05, 4.69) is 9.71 Å². The van der Waals surface area contributed by atoms with Crippen LogP contribution >= 0.6 is 22.7 Å². The topological polar surface area (TPSA) is 59.1 Å². The number of rotatable bonds is 5. The molecule has 2 aromatic heterocycles. The number of hydrogen-bond donors (Lipinski definition) is 1. The van der Waals surface area contributed by atoms with E-state index in [-0.39, 0.29) is 5.25 Å². The maximum absolute atomic E-state index is 11.8. The number of nitrogens with zero attached hydrogens (tertiary/aromatic N) is 1. The van der Waals surface area contributed by atoms with Gasteiger partial charge in [0.1, 0.15) is 5.01 Å². The largest absolute Gasteiger partial charge is 0.240 e. The molecule has 0 bridgehead atoms. The van der Waals surface area contributed by atoms with Gasteiger partial charge in [-0.05, 0) is 31.2 Å². The average molecular weight is 314 g/mol. The van der Waals surface area contributed by atoms with E-state index in [0.29, 0.717) is 6.54 Å². The number of sulfonamides is 1. The fourth-order valence-electron chi connectivity index (χ4n) is 1.76. The molecule has 0 unspecified atom stereocenters. The summed E-state index contributed by atoms with van der Waals surface area (Å²) in [6, 6.07) is 4.02. The maximum Gasteiger partial charge on any atom is 0.214 e. The molecule has 1 aliphatic rings. The Hall–Kier alpha value is -0.760.